The highest BCUT2D eigenvalue weighted by atomic mass is 16.5. The topological polar surface area (TPSA) is 58.6 Å². The number of benzene rings is 2. The molecule has 1 amide bonds. The highest BCUT2D eigenvalue weighted by molar-refractivity contribution is 5.93. The number of aryl methyl sites for hydroxylation is 2. The maximum absolute atomic E-state index is 11.8. The van der Waals surface area contributed by atoms with E-state index in [1.807, 2.05) is 44.2 Å². The number of para-hydroxylation sites is 1. The lowest BCUT2D eigenvalue weighted by Crippen LogP contribution is -2.20. The number of carbonyl (C=O) groups excluding carboxylic acids is 1. The molecule has 0 heterocycles. The lowest BCUT2D eigenvalue weighted by atomic mass is 10.2. The molecule has 0 bridgehead atoms. The number of phenols is 1. The van der Waals surface area contributed by atoms with Crippen LogP contribution in [0.5, 0.6) is 11.5 Å². The summed E-state index contributed by atoms with van der Waals surface area (Å²) in [5.74, 6) is 0.414. The van der Waals surface area contributed by atoms with Gasteiger partial charge in [0.25, 0.3) is 5.91 Å². The molecule has 4 heteroatoms. The number of anilines is 1. The van der Waals surface area contributed by atoms with E-state index in [9.17, 15) is 9.90 Å². The summed E-state index contributed by atoms with van der Waals surface area (Å²) < 4.78 is 5.44. The summed E-state index contributed by atoms with van der Waals surface area (Å²) in [5, 5.41) is 12.3. The van der Waals surface area contributed by atoms with E-state index >= 15 is 0 Å². The third-order valence-corrected chi connectivity index (χ3v) is 2.88. The zero-order valence-electron chi connectivity index (χ0n) is 11.5. The maximum atomic E-state index is 11.8. The number of rotatable bonds is 4. The van der Waals surface area contributed by atoms with Crippen LogP contribution in [0.15, 0.2) is 42.5 Å². The van der Waals surface area contributed by atoms with Crippen LogP contribution in [0.25, 0.3) is 0 Å². The van der Waals surface area contributed by atoms with E-state index in [0.29, 0.717) is 11.4 Å². The van der Waals surface area contributed by atoms with Gasteiger partial charge in [-0.3, -0.25) is 4.79 Å². The lowest BCUT2D eigenvalue weighted by molar-refractivity contribution is -0.118. The molecule has 0 atom stereocenters. The third kappa shape index (κ3) is 3.51. The summed E-state index contributed by atoms with van der Waals surface area (Å²) >= 11 is 0. The van der Waals surface area contributed by atoms with Crippen molar-refractivity contribution in [2.75, 3.05) is 11.9 Å². The molecule has 0 radical (unpaired) electrons. The minimum Gasteiger partial charge on any atom is -0.506 e. The number of aromatic hydroxyl groups is 1. The van der Waals surface area contributed by atoms with Gasteiger partial charge >= 0.3 is 0 Å². The van der Waals surface area contributed by atoms with Gasteiger partial charge in [0.1, 0.15) is 11.5 Å². The zero-order valence-corrected chi connectivity index (χ0v) is 11.5. The molecule has 0 aliphatic carbocycles. The first-order valence-corrected chi connectivity index (χ1v) is 6.34. The molecule has 2 aromatic carbocycles. The van der Waals surface area contributed by atoms with Crippen molar-refractivity contribution in [1.29, 1.82) is 0 Å². The molecule has 20 heavy (non-hydrogen) atoms. The Labute approximate surface area is 118 Å². The van der Waals surface area contributed by atoms with Crippen LogP contribution in [-0.4, -0.2) is 17.6 Å². The molecular formula is C16H17NO3. The third-order valence-electron chi connectivity index (χ3n) is 2.88. The fourth-order valence-electron chi connectivity index (χ4n) is 1.80. The van der Waals surface area contributed by atoms with Crippen molar-refractivity contribution >= 4 is 11.6 Å². The van der Waals surface area contributed by atoms with E-state index in [-0.39, 0.29) is 18.3 Å². The van der Waals surface area contributed by atoms with Crippen LogP contribution >= 0.6 is 0 Å². The van der Waals surface area contributed by atoms with Gasteiger partial charge in [-0.05, 0) is 43.2 Å². The normalized spacial score (nSPS) is 10.1. The Morgan fingerprint density at radius 3 is 2.65 bits per heavy atom. The van der Waals surface area contributed by atoms with E-state index in [4.69, 9.17) is 4.74 Å². The minimum atomic E-state index is -0.313. The quantitative estimate of drug-likeness (QED) is 0.840. The van der Waals surface area contributed by atoms with Crippen LogP contribution in [-0.2, 0) is 4.79 Å². The highest BCUT2D eigenvalue weighted by Gasteiger charge is 2.08. The van der Waals surface area contributed by atoms with Crippen molar-refractivity contribution in [3.8, 4) is 11.5 Å². The molecule has 0 spiro atoms. The van der Waals surface area contributed by atoms with Crippen molar-refractivity contribution in [2.24, 2.45) is 0 Å². The monoisotopic (exact) mass is 271 g/mol. The van der Waals surface area contributed by atoms with Crippen molar-refractivity contribution < 1.29 is 14.6 Å². The van der Waals surface area contributed by atoms with Crippen LogP contribution in [0.2, 0.25) is 0 Å². The van der Waals surface area contributed by atoms with Gasteiger partial charge in [0, 0.05) is 0 Å². The van der Waals surface area contributed by atoms with Gasteiger partial charge in [-0.1, -0.05) is 24.3 Å². The Balaban J connectivity index is 1.94. The molecule has 2 rings (SSSR count). The number of hydrogen-bond acceptors (Lipinski definition) is 3. The second kappa shape index (κ2) is 6.10. The van der Waals surface area contributed by atoms with Gasteiger partial charge in [-0.15, -0.1) is 0 Å². The minimum absolute atomic E-state index is 0.0502. The summed E-state index contributed by atoms with van der Waals surface area (Å²) in [6.07, 6.45) is 0. The summed E-state index contributed by atoms with van der Waals surface area (Å²) in [5.41, 5.74) is 2.28. The number of ether oxygens (including phenoxy) is 1. The van der Waals surface area contributed by atoms with Crippen molar-refractivity contribution in [2.45, 2.75) is 13.8 Å². The summed E-state index contributed by atoms with van der Waals surface area (Å²) in [4.78, 5) is 11.8. The van der Waals surface area contributed by atoms with Crippen molar-refractivity contribution in [3.63, 3.8) is 0 Å². The zero-order chi connectivity index (χ0) is 14.5. The Hall–Kier alpha value is -2.49. The fourth-order valence-corrected chi connectivity index (χ4v) is 1.80. The van der Waals surface area contributed by atoms with E-state index in [1.165, 1.54) is 0 Å². The van der Waals surface area contributed by atoms with Gasteiger partial charge in [0.15, 0.2) is 6.61 Å². The maximum Gasteiger partial charge on any atom is 0.262 e. The van der Waals surface area contributed by atoms with Crippen LogP contribution in [0.4, 0.5) is 5.69 Å². The summed E-state index contributed by atoms with van der Waals surface area (Å²) in [6, 6.07) is 12.6. The Kier molecular flexibility index (Phi) is 4.25. The Bertz CT molecular complexity index is 623. The van der Waals surface area contributed by atoms with E-state index in [2.05, 4.69) is 5.32 Å². The van der Waals surface area contributed by atoms with Gasteiger partial charge in [0.05, 0.1) is 5.69 Å². The Morgan fingerprint density at radius 1 is 1.20 bits per heavy atom. The van der Waals surface area contributed by atoms with Crippen LogP contribution in [0, 0.1) is 13.8 Å². The van der Waals surface area contributed by atoms with Gasteiger partial charge in [-0.2, -0.15) is 0 Å². The van der Waals surface area contributed by atoms with Crippen LogP contribution < -0.4 is 10.1 Å². The van der Waals surface area contributed by atoms with Crippen molar-refractivity contribution in [1.82, 2.24) is 0 Å². The first kappa shape index (κ1) is 13.9. The number of phenolic OH excluding ortho intramolecular Hbond substituents is 1. The molecule has 0 aromatic heterocycles. The second-order valence-electron chi connectivity index (χ2n) is 4.62. The number of nitrogens with one attached hydrogen (secondary N) is 1. The molecule has 0 unspecified atom stereocenters. The standard InChI is InChI=1S/C16H17NO3/c1-11-7-8-13(14(18)9-11)17-16(19)10-20-15-6-4-3-5-12(15)2/h3-9,18H,10H2,1-2H3,(H,17,19). The summed E-state index contributed by atoms with van der Waals surface area (Å²) in [6.45, 7) is 3.68. The fraction of sp³-hybridized carbons (Fsp3) is 0.188. The lowest BCUT2D eigenvalue weighted by Gasteiger charge is -2.10. The van der Waals surface area contributed by atoms with Crippen LogP contribution in [0.3, 0.4) is 0 Å². The molecule has 0 fully saturated rings. The molecule has 2 N–H and O–H groups in total. The molecule has 4 nitrogen and oxygen atoms in total. The number of hydrogen-bond donors (Lipinski definition) is 2. The van der Waals surface area contributed by atoms with Crippen molar-refractivity contribution in [3.05, 3.63) is 53.6 Å². The van der Waals surface area contributed by atoms with E-state index in [0.717, 1.165) is 11.1 Å². The molecule has 0 aliphatic heterocycles. The highest BCUT2D eigenvalue weighted by Crippen LogP contribution is 2.23. The van der Waals surface area contributed by atoms with Gasteiger partial charge in [0.2, 0.25) is 0 Å². The van der Waals surface area contributed by atoms with Gasteiger partial charge < -0.3 is 15.2 Å². The molecule has 0 saturated heterocycles. The van der Waals surface area contributed by atoms with Crippen LogP contribution in [0.1, 0.15) is 11.1 Å². The average molecular weight is 271 g/mol. The largest absolute Gasteiger partial charge is 0.506 e. The predicted octanol–water partition coefficient (Wildman–Crippen LogP) is 3.03. The Morgan fingerprint density at radius 2 is 1.95 bits per heavy atom. The predicted molar refractivity (Wildman–Crippen MR) is 78.1 cm³/mol. The average Bonchev–Trinajstić information content (AvgIpc) is 2.41. The molecule has 104 valence electrons. The molecular weight excluding hydrogens is 254 g/mol. The summed E-state index contributed by atoms with van der Waals surface area (Å²) in [7, 11) is 0. The number of carbonyl (C=O) groups is 1. The molecule has 0 saturated carbocycles. The first-order valence-electron chi connectivity index (χ1n) is 6.34. The molecule has 0 aliphatic rings. The van der Waals surface area contributed by atoms with Gasteiger partial charge in [-0.25, -0.2) is 0 Å². The first-order chi connectivity index (χ1) is 9.56. The smallest absolute Gasteiger partial charge is 0.262 e. The molecule has 2 aromatic rings. The van der Waals surface area contributed by atoms with E-state index in [1.54, 1.807) is 12.1 Å². The number of amides is 1. The SMILES string of the molecule is Cc1ccc(NC(=O)COc2ccccc2C)c(O)c1. The second-order valence-corrected chi connectivity index (χ2v) is 4.62. The van der Waals surface area contributed by atoms with E-state index < -0.39 is 0 Å².